The topological polar surface area (TPSA) is 88.8 Å². The Morgan fingerprint density at radius 2 is 1.94 bits per heavy atom. The van der Waals surface area contributed by atoms with E-state index in [1.54, 1.807) is 0 Å². The highest BCUT2D eigenvalue weighted by atomic mass is 16.5. The Kier molecular flexibility index (Phi) is 4.60. The molecule has 3 aliphatic rings. The molecular weight excluding hydrogens is 406 g/mol. The number of likely N-dealkylation sites (tertiary alicyclic amines) is 1. The van der Waals surface area contributed by atoms with Crippen LogP contribution < -0.4 is 4.90 Å². The number of piperidine rings is 1. The van der Waals surface area contributed by atoms with Gasteiger partial charge in [0.15, 0.2) is 11.5 Å². The van der Waals surface area contributed by atoms with Gasteiger partial charge in [-0.1, -0.05) is 6.07 Å². The molecule has 3 aromatic rings. The number of tetrazole rings is 1. The molecule has 0 saturated carbocycles. The Hall–Kier alpha value is -3.07. The summed E-state index contributed by atoms with van der Waals surface area (Å²) < 4.78 is 6.70. The van der Waals surface area contributed by atoms with Crippen LogP contribution in [0.2, 0.25) is 0 Å². The van der Waals surface area contributed by atoms with Gasteiger partial charge in [-0.2, -0.15) is 0 Å². The normalized spacial score (nSPS) is 20.3. The number of fused-ring (bicyclic) bond motifs is 2. The maximum atomic E-state index is 11.8. The van der Waals surface area contributed by atoms with Gasteiger partial charge in [0.2, 0.25) is 0 Å². The monoisotopic (exact) mass is 433 g/mol. The average molecular weight is 434 g/mol. The van der Waals surface area contributed by atoms with Crippen LogP contribution in [-0.4, -0.2) is 68.8 Å². The first-order valence-electron chi connectivity index (χ1n) is 11.4. The van der Waals surface area contributed by atoms with Gasteiger partial charge in [0.1, 0.15) is 6.61 Å². The van der Waals surface area contributed by atoms with E-state index >= 15 is 0 Å². The van der Waals surface area contributed by atoms with Crippen LogP contribution in [0.1, 0.15) is 46.3 Å². The van der Waals surface area contributed by atoms with E-state index < -0.39 is 0 Å². The molecule has 0 radical (unpaired) electrons. The zero-order chi connectivity index (χ0) is 21.7. The SMILES string of the molecule is Cc1c(CCN2CCC3(CC2)CCN(c2ccc4nnnn4n2)C3)ccc2c1COC2=O. The number of carbonyl (C=O) groups excluding carboxylic acids is 1. The van der Waals surface area contributed by atoms with E-state index in [1.165, 1.54) is 35.0 Å². The molecule has 2 fully saturated rings. The number of ether oxygens (including phenoxy) is 1. The third-order valence-electron chi connectivity index (χ3n) is 7.71. The Bertz CT molecular complexity index is 1180. The second-order valence-electron chi connectivity index (χ2n) is 9.43. The highest BCUT2D eigenvalue weighted by Crippen LogP contribution is 2.41. The zero-order valence-corrected chi connectivity index (χ0v) is 18.3. The Morgan fingerprint density at radius 1 is 1.09 bits per heavy atom. The fraction of sp³-hybridized carbons (Fsp3) is 0.522. The molecule has 6 rings (SSSR count). The van der Waals surface area contributed by atoms with Crippen molar-refractivity contribution < 1.29 is 9.53 Å². The predicted octanol–water partition coefficient (Wildman–Crippen LogP) is 2.03. The first kappa shape index (κ1) is 19.6. The van der Waals surface area contributed by atoms with E-state index in [-0.39, 0.29) is 5.97 Å². The number of anilines is 1. The number of cyclic esters (lactones) is 1. The van der Waals surface area contributed by atoms with Crippen LogP contribution in [0.15, 0.2) is 24.3 Å². The lowest BCUT2D eigenvalue weighted by molar-refractivity contribution is 0.0535. The lowest BCUT2D eigenvalue weighted by Crippen LogP contribution is -2.42. The van der Waals surface area contributed by atoms with Gasteiger partial charge in [0.05, 0.1) is 5.56 Å². The standard InChI is InChI=1S/C23H27N7O2/c1-16-17(2-3-18-19(16)14-32-22(18)31)6-10-28-11-7-23(8-12-28)9-13-29(15-23)21-5-4-20-24-26-27-30(20)25-21/h2-5H,6-15H2,1H3. The molecule has 32 heavy (non-hydrogen) atoms. The van der Waals surface area contributed by atoms with Crippen molar-refractivity contribution >= 4 is 17.4 Å². The number of aromatic nitrogens is 5. The fourth-order valence-electron chi connectivity index (χ4n) is 5.55. The first-order chi connectivity index (χ1) is 15.6. The highest BCUT2D eigenvalue weighted by Gasteiger charge is 2.41. The number of hydrogen-bond donors (Lipinski definition) is 0. The summed E-state index contributed by atoms with van der Waals surface area (Å²) in [5, 5.41) is 16.1. The van der Waals surface area contributed by atoms with Crippen LogP contribution in [0.4, 0.5) is 5.82 Å². The first-order valence-corrected chi connectivity index (χ1v) is 11.4. The quantitative estimate of drug-likeness (QED) is 0.578. The van der Waals surface area contributed by atoms with Crippen molar-refractivity contribution in [3.63, 3.8) is 0 Å². The molecule has 1 aromatic carbocycles. The summed E-state index contributed by atoms with van der Waals surface area (Å²) in [6.45, 7) is 7.97. The van der Waals surface area contributed by atoms with E-state index in [0.717, 1.165) is 56.1 Å². The molecule has 166 valence electrons. The predicted molar refractivity (Wildman–Crippen MR) is 118 cm³/mol. The molecule has 0 bridgehead atoms. The zero-order valence-electron chi connectivity index (χ0n) is 18.3. The van der Waals surface area contributed by atoms with Crippen LogP contribution >= 0.6 is 0 Å². The minimum Gasteiger partial charge on any atom is -0.457 e. The molecule has 0 aliphatic carbocycles. The van der Waals surface area contributed by atoms with E-state index in [2.05, 4.69) is 43.4 Å². The smallest absolute Gasteiger partial charge is 0.338 e. The summed E-state index contributed by atoms with van der Waals surface area (Å²) in [7, 11) is 0. The molecule has 9 nitrogen and oxygen atoms in total. The molecule has 0 unspecified atom stereocenters. The molecule has 5 heterocycles. The van der Waals surface area contributed by atoms with Crippen molar-refractivity contribution in [2.45, 2.75) is 39.2 Å². The van der Waals surface area contributed by atoms with Gasteiger partial charge in [-0.3, -0.25) is 0 Å². The second-order valence-corrected chi connectivity index (χ2v) is 9.43. The van der Waals surface area contributed by atoms with E-state index in [0.29, 0.717) is 17.7 Å². The molecule has 3 aliphatic heterocycles. The van der Waals surface area contributed by atoms with Crippen molar-refractivity contribution in [1.29, 1.82) is 0 Å². The van der Waals surface area contributed by atoms with Crippen molar-refractivity contribution in [2.24, 2.45) is 5.41 Å². The van der Waals surface area contributed by atoms with Gasteiger partial charge in [-0.05, 0) is 90.9 Å². The van der Waals surface area contributed by atoms with Gasteiger partial charge in [-0.15, -0.1) is 14.8 Å². The maximum absolute atomic E-state index is 11.8. The minimum atomic E-state index is -0.185. The summed E-state index contributed by atoms with van der Waals surface area (Å²) in [6.07, 6.45) is 4.68. The third-order valence-corrected chi connectivity index (χ3v) is 7.71. The van der Waals surface area contributed by atoms with Gasteiger partial charge in [-0.25, -0.2) is 4.79 Å². The number of nitrogens with zero attached hydrogens (tertiary/aromatic N) is 7. The van der Waals surface area contributed by atoms with Gasteiger partial charge >= 0.3 is 5.97 Å². The van der Waals surface area contributed by atoms with Gasteiger partial charge in [0.25, 0.3) is 0 Å². The fourth-order valence-corrected chi connectivity index (χ4v) is 5.55. The van der Waals surface area contributed by atoms with E-state index in [1.807, 2.05) is 18.2 Å². The Balaban J connectivity index is 1.06. The highest BCUT2D eigenvalue weighted by molar-refractivity contribution is 5.93. The summed E-state index contributed by atoms with van der Waals surface area (Å²) in [5.41, 5.74) is 5.43. The summed E-state index contributed by atoms with van der Waals surface area (Å²) in [6, 6.07) is 8.00. The molecular formula is C23H27N7O2. The number of hydrogen-bond acceptors (Lipinski definition) is 8. The molecule has 2 saturated heterocycles. The Labute approximate surface area is 186 Å². The van der Waals surface area contributed by atoms with Crippen LogP contribution in [0.5, 0.6) is 0 Å². The summed E-state index contributed by atoms with van der Waals surface area (Å²) in [5.74, 6) is 0.772. The molecule has 9 heteroatoms. The van der Waals surface area contributed by atoms with Crippen LogP contribution in [0, 0.1) is 12.3 Å². The second kappa shape index (κ2) is 7.51. The minimum absolute atomic E-state index is 0.185. The third kappa shape index (κ3) is 3.31. The van der Waals surface area contributed by atoms with Crippen LogP contribution in [-0.2, 0) is 17.8 Å². The van der Waals surface area contributed by atoms with Crippen LogP contribution in [0.3, 0.4) is 0 Å². The molecule has 2 aromatic heterocycles. The van der Waals surface area contributed by atoms with E-state index in [4.69, 9.17) is 4.74 Å². The number of benzene rings is 1. The van der Waals surface area contributed by atoms with Gasteiger partial charge < -0.3 is 14.5 Å². The van der Waals surface area contributed by atoms with Gasteiger partial charge in [0, 0.05) is 25.2 Å². The molecule has 0 N–H and O–H groups in total. The lowest BCUT2D eigenvalue weighted by atomic mass is 9.77. The summed E-state index contributed by atoms with van der Waals surface area (Å²) >= 11 is 0. The van der Waals surface area contributed by atoms with Crippen molar-refractivity contribution in [2.75, 3.05) is 37.6 Å². The largest absolute Gasteiger partial charge is 0.457 e. The average Bonchev–Trinajstić information content (AvgIpc) is 3.53. The van der Waals surface area contributed by atoms with Crippen LogP contribution in [0.25, 0.3) is 5.65 Å². The molecule has 1 spiro atoms. The Morgan fingerprint density at radius 3 is 2.81 bits per heavy atom. The molecule has 0 atom stereocenters. The summed E-state index contributed by atoms with van der Waals surface area (Å²) in [4.78, 5) is 16.7. The van der Waals surface area contributed by atoms with Crippen molar-refractivity contribution in [3.8, 4) is 0 Å². The molecule has 0 amide bonds. The number of esters is 1. The maximum Gasteiger partial charge on any atom is 0.338 e. The van der Waals surface area contributed by atoms with Crippen molar-refractivity contribution in [3.05, 3.63) is 46.5 Å². The van der Waals surface area contributed by atoms with Crippen molar-refractivity contribution in [1.82, 2.24) is 30.2 Å². The van der Waals surface area contributed by atoms with E-state index in [9.17, 15) is 4.79 Å². The number of carbonyl (C=O) groups is 1. The number of rotatable bonds is 4. The lowest BCUT2D eigenvalue weighted by Gasteiger charge is -2.39.